The third-order valence-corrected chi connectivity index (χ3v) is 9.68. The van der Waals surface area contributed by atoms with Crippen LogP contribution in [0, 0.1) is 0 Å². The van der Waals surface area contributed by atoms with Gasteiger partial charge in [0, 0.05) is 38.6 Å². The van der Waals surface area contributed by atoms with E-state index in [9.17, 15) is 4.79 Å². The second-order valence-electron chi connectivity index (χ2n) is 12.8. The minimum atomic E-state index is -0.145. The lowest BCUT2D eigenvalue weighted by molar-refractivity contribution is 0.660. The molecule has 1 aliphatic carbocycles. The quantitative estimate of drug-likeness (QED) is 0.184. The van der Waals surface area contributed by atoms with Gasteiger partial charge in [0.15, 0.2) is 17.5 Å². The molecule has 0 N–H and O–H groups in total. The number of pyridine rings is 1. The molecule has 5 nitrogen and oxygen atoms in total. The molecule has 0 saturated carbocycles. The molecule has 0 unspecified atom stereocenters. The highest BCUT2D eigenvalue weighted by Crippen LogP contribution is 2.51. The number of hydrogen-bond acceptors (Lipinski definition) is 4. The van der Waals surface area contributed by atoms with Crippen molar-refractivity contribution in [2.24, 2.45) is 0 Å². The largest absolute Gasteiger partial charge is 0.276 e. The Morgan fingerprint density at radius 2 is 1.10 bits per heavy atom. The van der Waals surface area contributed by atoms with Crippen molar-refractivity contribution in [1.82, 2.24) is 19.5 Å². The van der Waals surface area contributed by atoms with Gasteiger partial charge in [0.1, 0.15) is 0 Å². The second-order valence-corrected chi connectivity index (χ2v) is 12.8. The van der Waals surface area contributed by atoms with E-state index in [-0.39, 0.29) is 11.0 Å². The van der Waals surface area contributed by atoms with Crippen LogP contribution in [0.4, 0.5) is 0 Å². The molecule has 2 heterocycles. The van der Waals surface area contributed by atoms with Gasteiger partial charge in [-0.25, -0.2) is 15.0 Å². The molecule has 6 aromatic carbocycles. The van der Waals surface area contributed by atoms with E-state index in [0.29, 0.717) is 22.9 Å². The van der Waals surface area contributed by atoms with E-state index in [1.54, 1.807) is 4.57 Å². The Morgan fingerprint density at radius 1 is 0.500 bits per heavy atom. The van der Waals surface area contributed by atoms with E-state index in [1.807, 2.05) is 97.1 Å². The number of nitrogens with zero attached hydrogens (tertiary/aromatic N) is 4. The zero-order valence-electron chi connectivity index (χ0n) is 26.6. The van der Waals surface area contributed by atoms with Gasteiger partial charge in [-0.2, -0.15) is 0 Å². The number of para-hydroxylation sites is 1. The summed E-state index contributed by atoms with van der Waals surface area (Å²) in [5, 5.41) is 2.50. The number of rotatable bonds is 4. The molecule has 228 valence electrons. The zero-order chi connectivity index (χ0) is 32.4. The molecule has 0 atom stereocenters. The van der Waals surface area contributed by atoms with Crippen LogP contribution in [0.15, 0.2) is 150 Å². The Balaban J connectivity index is 1.31. The third kappa shape index (κ3) is 4.25. The molecule has 0 saturated heterocycles. The van der Waals surface area contributed by atoms with Crippen LogP contribution in [0.3, 0.4) is 0 Å². The second kappa shape index (κ2) is 10.7. The molecule has 9 rings (SSSR count). The average molecular weight is 619 g/mol. The first kappa shape index (κ1) is 28.1. The van der Waals surface area contributed by atoms with Gasteiger partial charge in [0.25, 0.3) is 5.56 Å². The van der Waals surface area contributed by atoms with Gasteiger partial charge in [-0.05, 0) is 64.0 Å². The zero-order valence-corrected chi connectivity index (χ0v) is 26.6. The van der Waals surface area contributed by atoms with Crippen LogP contribution in [-0.4, -0.2) is 19.5 Å². The molecule has 1 aliphatic rings. The van der Waals surface area contributed by atoms with Gasteiger partial charge in [-0.1, -0.05) is 123 Å². The summed E-state index contributed by atoms with van der Waals surface area (Å²) in [5.41, 5.74) is 9.15. The lowest BCUT2D eigenvalue weighted by Gasteiger charge is -2.21. The predicted molar refractivity (Wildman–Crippen MR) is 194 cm³/mol. The first-order valence-electron chi connectivity index (χ1n) is 16.2. The molecule has 8 aromatic rings. The van der Waals surface area contributed by atoms with Crippen molar-refractivity contribution in [3.05, 3.63) is 167 Å². The first-order valence-corrected chi connectivity index (χ1v) is 16.2. The van der Waals surface area contributed by atoms with Crippen LogP contribution in [0.2, 0.25) is 0 Å². The Bertz CT molecular complexity index is 2610. The molecule has 5 heteroatoms. The molecule has 0 bridgehead atoms. The highest BCUT2D eigenvalue weighted by molar-refractivity contribution is 6.07. The van der Waals surface area contributed by atoms with Gasteiger partial charge in [-0.15, -0.1) is 0 Å². The summed E-state index contributed by atoms with van der Waals surface area (Å²) in [5.74, 6) is 1.81. The van der Waals surface area contributed by atoms with Gasteiger partial charge in [0.2, 0.25) is 0 Å². The minimum absolute atomic E-state index is 0.0491. The number of benzene rings is 6. The maximum absolute atomic E-state index is 13.9. The molecular formula is C43H30N4O. The van der Waals surface area contributed by atoms with E-state index in [4.69, 9.17) is 15.0 Å². The monoisotopic (exact) mass is 618 g/mol. The molecular weight excluding hydrogens is 589 g/mol. The fourth-order valence-electron chi connectivity index (χ4n) is 7.34. The van der Waals surface area contributed by atoms with Crippen molar-refractivity contribution in [1.29, 1.82) is 0 Å². The van der Waals surface area contributed by atoms with E-state index >= 15 is 0 Å². The van der Waals surface area contributed by atoms with E-state index in [0.717, 1.165) is 38.7 Å². The van der Waals surface area contributed by atoms with Crippen LogP contribution < -0.4 is 5.56 Å². The smallest absolute Gasteiger partial charge is 0.263 e. The molecule has 0 radical (unpaired) electrons. The summed E-state index contributed by atoms with van der Waals surface area (Å²) < 4.78 is 1.79. The van der Waals surface area contributed by atoms with Crippen molar-refractivity contribution in [2.45, 2.75) is 19.3 Å². The lowest BCUT2D eigenvalue weighted by atomic mass is 9.82. The maximum atomic E-state index is 13.9. The van der Waals surface area contributed by atoms with Crippen molar-refractivity contribution in [3.8, 4) is 51.0 Å². The summed E-state index contributed by atoms with van der Waals surface area (Å²) in [6.07, 6.45) is 0. The Kier molecular flexibility index (Phi) is 6.24. The molecule has 0 spiro atoms. The van der Waals surface area contributed by atoms with Gasteiger partial charge < -0.3 is 0 Å². The van der Waals surface area contributed by atoms with Crippen LogP contribution >= 0.6 is 0 Å². The van der Waals surface area contributed by atoms with Crippen LogP contribution in [0.1, 0.15) is 25.0 Å². The normalized spacial score (nSPS) is 13.0. The Labute approximate surface area is 277 Å². The summed E-state index contributed by atoms with van der Waals surface area (Å²) in [7, 11) is 0. The van der Waals surface area contributed by atoms with E-state index in [1.165, 1.54) is 22.3 Å². The highest BCUT2D eigenvalue weighted by atomic mass is 16.1. The van der Waals surface area contributed by atoms with Crippen molar-refractivity contribution < 1.29 is 0 Å². The number of aromatic nitrogens is 4. The highest BCUT2D eigenvalue weighted by Gasteiger charge is 2.37. The standard InChI is InChI=1S/C43H30N4O/c1-43(2)35-22-12-11-20-32(35)38-33(21-13-23-36(38)43)41-45-39(27-14-5-3-6-15-27)44-40(46-41)28-24-25-37-34(26-28)30-18-9-10-19-31(30)42(48)47(37)29-16-7-4-8-17-29/h3-26H,1-2H3. The summed E-state index contributed by atoms with van der Waals surface area (Å²) >= 11 is 0. The fraction of sp³-hybridized carbons (Fsp3) is 0.0698. The topological polar surface area (TPSA) is 60.7 Å². The summed E-state index contributed by atoms with van der Waals surface area (Å²) in [6, 6.07) is 48.9. The van der Waals surface area contributed by atoms with Gasteiger partial charge in [0.05, 0.1) is 5.52 Å². The lowest BCUT2D eigenvalue weighted by Crippen LogP contribution is -2.19. The van der Waals surface area contributed by atoms with Crippen LogP contribution in [0.25, 0.3) is 72.7 Å². The molecule has 0 amide bonds. The Morgan fingerprint density at radius 3 is 1.90 bits per heavy atom. The number of fused-ring (bicyclic) bond motifs is 6. The van der Waals surface area contributed by atoms with Crippen molar-refractivity contribution >= 4 is 21.7 Å². The average Bonchev–Trinajstić information content (AvgIpc) is 3.38. The van der Waals surface area contributed by atoms with Crippen molar-refractivity contribution in [2.75, 3.05) is 0 Å². The molecule has 0 fully saturated rings. The third-order valence-electron chi connectivity index (χ3n) is 9.68. The molecule has 2 aromatic heterocycles. The van der Waals surface area contributed by atoms with Crippen molar-refractivity contribution in [3.63, 3.8) is 0 Å². The first-order chi connectivity index (χ1) is 23.5. The predicted octanol–water partition coefficient (Wildman–Crippen LogP) is 9.64. The summed E-state index contributed by atoms with van der Waals surface area (Å²) in [4.78, 5) is 29.2. The summed E-state index contributed by atoms with van der Waals surface area (Å²) in [6.45, 7) is 4.56. The minimum Gasteiger partial charge on any atom is -0.276 e. The fourth-order valence-corrected chi connectivity index (χ4v) is 7.34. The van der Waals surface area contributed by atoms with E-state index < -0.39 is 0 Å². The van der Waals surface area contributed by atoms with Crippen LogP contribution in [-0.2, 0) is 5.41 Å². The SMILES string of the molecule is CC1(C)c2ccccc2-c2c(-c3nc(-c4ccccc4)nc(-c4ccc5c(c4)c4ccccc4c(=O)n5-c4ccccc4)n3)cccc21. The maximum Gasteiger partial charge on any atom is 0.263 e. The van der Waals surface area contributed by atoms with Gasteiger partial charge >= 0.3 is 0 Å². The van der Waals surface area contributed by atoms with Crippen LogP contribution in [0.5, 0.6) is 0 Å². The molecule has 0 aliphatic heterocycles. The van der Waals surface area contributed by atoms with Gasteiger partial charge in [-0.3, -0.25) is 9.36 Å². The number of hydrogen-bond donors (Lipinski definition) is 0. The van der Waals surface area contributed by atoms with E-state index in [2.05, 4.69) is 62.4 Å². The molecule has 48 heavy (non-hydrogen) atoms. The Hall–Kier alpha value is -6.20.